The zero-order valence-electron chi connectivity index (χ0n) is 16.9. The highest BCUT2D eigenvalue weighted by Gasteiger charge is 2.27. The molecular weight excluding hydrogens is 426 g/mol. The fourth-order valence-electron chi connectivity index (χ4n) is 3.23. The second kappa shape index (κ2) is 8.99. The van der Waals surface area contributed by atoms with Gasteiger partial charge in [-0.05, 0) is 18.2 Å². The van der Waals surface area contributed by atoms with Crippen LogP contribution in [0.25, 0.3) is 5.70 Å². The molecule has 2 amide bonds. The third kappa shape index (κ3) is 4.38. The molecule has 1 aromatic heterocycles. The Balaban J connectivity index is 1.64. The number of hydrogen-bond acceptors (Lipinski definition) is 7. The van der Waals surface area contributed by atoms with Crippen LogP contribution in [0.15, 0.2) is 81.9 Å². The van der Waals surface area contributed by atoms with Gasteiger partial charge in [0.15, 0.2) is 0 Å². The Morgan fingerprint density at radius 2 is 1.88 bits per heavy atom. The van der Waals surface area contributed by atoms with Crippen LogP contribution in [0.2, 0.25) is 0 Å². The van der Waals surface area contributed by atoms with Gasteiger partial charge in [-0.15, -0.1) is 0 Å². The molecule has 3 aromatic rings. The quantitative estimate of drug-likeness (QED) is 0.269. The molecule has 0 atom stereocenters. The SMILES string of the molecule is N#CC(C(=O)NCc1ccco1)=C1N=C(NC(=O)c2cccc([N+](=O)[O-])c2)c2ccccc21. The normalized spacial score (nSPS) is 13.4. The maximum absolute atomic E-state index is 12.7. The summed E-state index contributed by atoms with van der Waals surface area (Å²) in [6, 6.07) is 17.3. The van der Waals surface area contributed by atoms with E-state index in [0.717, 1.165) is 6.07 Å². The lowest BCUT2D eigenvalue weighted by Gasteiger charge is -2.06. The van der Waals surface area contributed by atoms with Gasteiger partial charge >= 0.3 is 0 Å². The van der Waals surface area contributed by atoms with Gasteiger partial charge in [-0.25, -0.2) is 4.99 Å². The summed E-state index contributed by atoms with van der Waals surface area (Å²) in [5, 5.41) is 25.9. The molecule has 0 spiro atoms. The molecule has 2 N–H and O–H groups in total. The number of benzene rings is 2. The summed E-state index contributed by atoms with van der Waals surface area (Å²) in [4.78, 5) is 40.1. The van der Waals surface area contributed by atoms with Crippen LogP contribution in [0.5, 0.6) is 0 Å². The van der Waals surface area contributed by atoms with Gasteiger partial charge in [-0.2, -0.15) is 5.26 Å². The lowest BCUT2D eigenvalue weighted by Crippen LogP contribution is -2.30. The second-order valence-electron chi connectivity index (χ2n) is 6.87. The van der Waals surface area contributed by atoms with Gasteiger partial charge in [0.1, 0.15) is 23.2 Å². The van der Waals surface area contributed by atoms with Crippen LogP contribution in [0.3, 0.4) is 0 Å². The molecule has 162 valence electrons. The molecule has 10 heteroatoms. The van der Waals surface area contributed by atoms with E-state index >= 15 is 0 Å². The minimum absolute atomic E-state index is 0.0681. The number of carbonyl (C=O) groups excluding carboxylic acids is 2. The zero-order chi connectivity index (χ0) is 23.4. The summed E-state index contributed by atoms with van der Waals surface area (Å²) in [5.41, 5.74) is 0.734. The first-order valence-electron chi connectivity index (χ1n) is 9.67. The van der Waals surface area contributed by atoms with Crippen molar-refractivity contribution in [2.24, 2.45) is 4.99 Å². The van der Waals surface area contributed by atoms with Crippen molar-refractivity contribution in [3.63, 3.8) is 0 Å². The summed E-state index contributed by atoms with van der Waals surface area (Å²) >= 11 is 0. The maximum atomic E-state index is 12.7. The number of nitrogens with zero attached hydrogens (tertiary/aromatic N) is 3. The van der Waals surface area contributed by atoms with Crippen molar-refractivity contribution in [2.45, 2.75) is 6.54 Å². The Hall–Kier alpha value is -5.04. The molecule has 0 bridgehead atoms. The number of aliphatic imine (C=N–C) groups is 1. The highest BCUT2D eigenvalue weighted by atomic mass is 16.6. The van der Waals surface area contributed by atoms with Gasteiger partial charge in [0.05, 0.1) is 23.4 Å². The number of nitrogens with one attached hydrogen (secondary N) is 2. The molecule has 2 heterocycles. The standard InChI is InChI=1S/C23H15N5O5/c24-12-19(23(30)25-13-16-7-4-10-33-16)20-17-8-1-2-9-18(17)21(26-20)27-22(29)14-5-3-6-15(11-14)28(31)32/h1-11H,13H2,(H,25,30)(H,26,27,29). The lowest BCUT2D eigenvalue weighted by atomic mass is 10.0. The fraction of sp³-hybridized carbons (Fsp3) is 0.0435. The third-order valence-corrected chi connectivity index (χ3v) is 4.79. The number of fused-ring (bicyclic) bond motifs is 1. The molecule has 0 aliphatic carbocycles. The Morgan fingerprint density at radius 3 is 2.58 bits per heavy atom. The first-order chi connectivity index (χ1) is 16.0. The van der Waals surface area contributed by atoms with Crippen LogP contribution < -0.4 is 10.6 Å². The average Bonchev–Trinajstić information content (AvgIpc) is 3.47. The van der Waals surface area contributed by atoms with Crippen LogP contribution in [0, 0.1) is 21.4 Å². The van der Waals surface area contributed by atoms with E-state index in [2.05, 4.69) is 15.6 Å². The van der Waals surface area contributed by atoms with Crippen LogP contribution in [0.1, 0.15) is 27.2 Å². The first kappa shape index (κ1) is 21.2. The molecule has 2 aromatic carbocycles. The van der Waals surface area contributed by atoms with E-state index in [-0.39, 0.29) is 34.9 Å². The van der Waals surface area contributed by atoms with Crippen molar-refractivity contribution in [1.29, 1.82) is 5.26 Å². The second-order valence-corrected chi connectivity index (χ2v) is 6.87. The number of non-ortho nitro benzene ring substituents is 1. The number of amides is 2. The van der Waals surface area contributed by atoms with Gasteiger partial charge in [0.25, 0.3) is 17.5 Å². The predicted molar refractivity (Wildman–Crippen MR) is 117 cm³/mol. The zero-order valence-corrected chi connectivity index (χ0v) is 16.9. The largest absolute Gasteiger partial charge is 0.467 e. The van der Waals surface area contributed by atoms with Gasteiger partial charge in [-0.3, -0.25) is 19.7 Å². The molecule has 0 saturated carbocycles. The van der Waals surface area contributed by atoms with E-state index in [4.69, 9.17) is 4.42 Å². The Morgan fingerprint density at radius 1 is 1.09 bits per heavy atom. The molecular formula is C23H15N5O5. The van der Waals surface area contributed by atoms with Gasteiger partial charge in [-0.1, -0.05) is 30.3 Å². The molecule has 0 saturated heterocycles. The third-order valence-electron chi connectivity index (χ3n) is 4.79. The van der Waals surface area contributed by atoms with E-state index in [1.165, 1.54) is 24.5 Å². The van der Waals surface area contributed by atoms with Crippen LogP contribution >= 0.6 is 0 Å². The number of rotatable bonds is 5. The van der Waals surface area contributed by atoms with E-state index < -0.39 is 16.7 Å². The summed E-state index contributed by atoms with van der Waals surface area (Å²) in [6.07, 6.45) is 1.47. The van der Waals surface area contributed by atoms with Crippen molar-refractivity contribution in [3.8, 4) is 6.07 Å². The molecule has 0 radical (unpaired) electrons. The number of nitriles is 1. The molecule has 33 heavy (non-hydrogen) atoms. The minimum atomic E-state index is -0.645. The topological polar surface area (TPSA) is 151 Å². The predicted octanol–water partition coefficient (Wildman–Crippen LogP) is 2.93. The fourth-order valence-corrected chi connectivity index (χ4v) is 3.23. The summed E-state index contributed by atoms with van der Waals surface area (Å²) in [7, 11) is 0. The van der Waals surface area contributed by atoms with Crippen LogP contribution in [0.4, 0.5) is 5.69 Å². The van der Waals surface area contributed by atoms with Crippen molar-refractivity contribution in [1.82, 2.24) is 10.6 Å². The maximum Gasteiger partial charge on any atom is 0.270 e. The van der Waals surface area contributed by atoms with E-state index in [9.17, 15) is 25.0 Å². The average molecular weight is 441 g/mol. The number of amidine groups is 1. The molecule has 10 nitrogen and oxygen atoms in total. The Kier molecular flexibility index (Phi) is 5.77. The summed E-state index contributed by atoms with van der Waals surface area (Å²) in [6.45, 7) is 0.0893. The smallest absolute Gasteiger partial charge is 0.270 e. The van der Waals surface area contributed by atoms with Gasteiger partial charge in [0, 0.05) is 28.8 Å². The van der Waals surface area contributed by atoms with E-state index in [1.54, 1.807) is 36.4 Å². The Bertz CT molecular complexity index is 1370. The number of carbonyl (C=O) groups is 2. The molecule has 1 aliphatic rings. The molecule has 1 aliphatic heterocycles. The number of hydrogen-bond donors (Lipinski definition) is 2. The van der Waals surface area contributed by atoms with E-state index in [1.807, 2.05) is 6.07 Å². The van der Waals surface area contributed by atoms with Gasteiger partial charge < -0.3 is 15.1 Å². The molecule has 4 rings (SSSR count). The van der Waals surface area contributed by atoms with Crippen molar-refractivity contribution < 1.29 is 18.9 Å². The van der Waals surface area contributed by atoms with Crippen molar-refractivity contribution >= 4 is 29.0 Å². The minimum Gasteiger partial charge on any atom is -0.467 e. The van der Waals surface area contributed by atoms with Crippen LogP contribution in [-0.2, 0) is 11.3 Å². The number of nitro groups is 1. The van der Waals surface area contributed by atoms with Crippen molar-refractivity contribution in [3.05, 3.63) is 105 Å². The monoisotopic (exact) mass is 441 g/mol. The number of nitro benzene ring substituents is 1. The first-order valence-corrected chi connectivity index (χ1v) is 9.67. The van der Waals surface area contributed by atoms with Gasteiger partial charge in [0.2, 0.25) is 0 Å². The van der Waals surface area contributed by atoms with E-state index in [0.29, 0.717) is 16.9 Å². The Labute approximate surface area is 187 Å². The highest BCUT2D eigenvalue weighted by molar-refractivity contribution is 6.20. The van der Waals surface area contributed by atoms with Crippen molar-refractivity contribution in [2.75, 3.05) is 0 Å². The highest BCUT2D eigenvalue weighted by Crippen LogP contribution is 2.30. The van der Waals surface area contributed by atoms with Crippen LogP contribution in [-0.4, -0.2) is 22.6 Å². The number of furan rings is 1. The lowest BCUT2D eigenvalue weighted by molar-refractivity contribution is -0.384. The summed E-state index contributed by atoms with van der Waals surface area (Å²) in [5.74, 6) is -0.613. The molecule has 0 unspecified atom stereocenters. The molecule has 0 fully saturated rings. The summed E-state index contributed by atoms with van der Waals surface area (Å²) < 4.78 is 5.17.